The van der Waals surface area contributed by atoms with Crippen LogP contribution >= 0.6 is 11.3 Å². The lowest BCUT2D eigenvalue weighted by Crippen LogP contribution is -2.17. The summed E-state index contributed by atoms with van der Waals surface area (Å²) in [6, 6.07) is 16.9. The minimum atomic E-state index is -4.95. The number of hydrogen-bond acceptors (Lipinski definition) is 6. The molecule has 4 bridgehead atoms. The molecule has 1 aliphatic heterocycles. The Bertz CT molecular complexity index is 1660. The van der Waals surface area contributed by atoms with Crippen LogP contribution in [-0.4, -0.2) is 26.3 Å². The van der Waals surface area contributed by atoms with Gasteiger partial charge in [0.05, 0.1) is 15.5 Å². The van der Waals surface area contributed by atoms with E-state index >= 15 is 8.78 Å². The summed E-state index contributed by atoms with van der Waals surface area (Å²) < 4.78 is 103. The average molecular weight is 610 g/mol. The third-order valence-corrected chi connectivity index (χ3v) is 8.88. The molecule has 41 heavy (non-hydrogen) atoms. The monoisotopic (exact) mass is 609 g/mol. The molecule has 0 amide bonds. The Hall–Kier alpha value is -3.71. The number of nitrogens with zero attached hydrogens (tertiary/aromatic N) is 1. The van der Waals surface area contributed by atoms with Gasteiger partial charge >= 0.3 is 6.36 Å². The number of hydrogen-bond donors (Lipinski definition) is 2. The molecule has 0 saturated heterocycles. The van der Waals surface area contributed by atoms with Crippen molar-refractivity contribution in [2.75, 3.05) is 16.6 Å². The summed E-state index contributed by atoms with van der Waals surface area (Å²) >= 11 is 0.815. The molecule has 0 spiro atoms. The third kappa shape index (κ3) is 6.79. The second kappa shape index (κ2) is 11.3. The summed E-state index contributed by atoms with van der Waals surface area (Å²) in [5.41, 5.74) is 0.481. The molecule has 0 saturated carbocycles. The summed E-state index contributed by atoms with van der Waals surface area (Å²) in [7, 11) is -4.16. The van der Waals surface area contributed by atoms with Crippen LogP contribution in [0.4, 0.5) is 32.8 Å². The summed E-state index contributed by atoms with van der Waals surface area (Å²) in [5.74, 6) is -3.76. The first-order valence-corrected chi connectivity index (χ1v) is 14.9. The molecule has 13 heteroatoms. The number of alkyl halides is 5. The van der Waals surface area contributed by atoms with Crippen LogP contribution in [0, 0.1) is 0 Å². The lowest BCUT2D eigenvalue weighted by molar-refractivity contribution is -0.274. The van der Waals surface area contributed by atoms with E-state index in [4.69, 9.17) is 0 Å². The average Bonchev–Trinajstić information content (AvgIpc) is 3.32. The van der Waals surface area contributed by atoms with Crippen molar-refractivity contribution in [2.24, 2.45) is 0 Å². The number of halogens is 5. The van der Waals surface area contributed by atoms with Gasteiger partial charge in [0.25, 0.3) is 15.9 Å². The molecule has 0 aliphatic carbocycles. The summed E-state index contributed by atoms with van der Waals surface area (Å²) in [4.78, 5) is 4.54. The predicted molar refractivity (Wildman–Crippen MR) is 148 cm³/mol. The molecule has 0 radical (unpaired) electrons. The van der Waals surface area contributed by atoms with Crippen molar-refractivity contribution in [1.29, 1.82) is 0 Å². The number of thiazole rings is 1. The molecule has 4 aromatic rings. The SMILES string of the molecule is O=S1(=O)Nc2nc(c(-c3cccc(OC(F)(F)F)c3)s2)-c2ccccc2C(F)(F)CCCCCNc2cccc1c2. The maximum absolute atomic E-state index is 15.6. The van der Waals surface area contributed by atoms with Crippen LogP contribution in [0.1, 0.15) is 31.2 Å². The van der Waals surface area contributed by atoms with Gasteiger partial charge in [0, 0.05) is 29.8 Å². The molecule has 1 aromatic heterocycles. The minimum absolute atomic E-state index is 0.00636. The van der Waals surface area contributed by atoms with Gasteiger partial charge in [-0.3, -0.25) is 4.72 Å². The maximum atomic E-state index is 15.6. The van der Waals surface area contributed by atoms with Gasteiger partial charge in [0.2, 0.25) is 0 Å². The Morgan fingerprint density at radius 2 is 1.71 bits per heavy atom. The Morgan fingerprint density at radius 3 is 2.51 bits per heavy atom. The molecule has 2 N–H and O–H groups in total. The number of nitrogens with one attached hydrogen (secondary N) is 2. The van der Waals surface area contributed by atoms with Gasteiger partial charge < -0.3 is 10.1 Å². The Labute approximate surface area is 237 Å². The van der Waals surface area contributed by atoms with Crippen molar-refractivity contribution < 1.29 is 35.1 Å². The molecular formula is C28H24F5N3O3S2. The van der Waals surface area contributed by atoms with Crippen LogP contribution in [0.25, 0.3) is 21.7 Å². The highest BCUT2D eigenvalue weighted by atomic mass is 32.2. The van der Waals surface area contributed by atoms with Crippen LogP contribution < -0.4 is 14.8 Å². The van der Waals surface area contributed by atoms with Gasteiger partial charge in [-0.1, -0.05) is 60.2 Å². The first-order chi connectivity index (χ1) is 19.4. The maximum Gasteiger partial charge on any atom is 0.573 e. The van der Waals surface area contributed by atoms with Crippen LogP contribution in [0.5, 0.6) is 5.75 Å². The molecule has 216 valence electrons. The van der Waals surface area contributed by atoms with E-state index in [1.165, 1.54) is 42.5 Å². The second-order valence-electron chi connectivity index (χ2n) is 9.39. The van der Waals surface area contributed by atoms with E-state index in [9.17, 15) is 21.6 Å². The molecule has 1 aliphatic rings. The highest BCUT2D eigenvalue weighted by molar-refractivity contribution is 7.93. The highest BCUT2D eigenvalue weighted by Crippen LogP contribution is 2.46. The van der Waals surface area contributed by atoms with E-state index in [-0.39, 0.29) is 43.7 Å². The third-order valence-electron chi connectivity index (χ3n) is 6.40. The predicted octanol–water partition coefficient (Wildman–Crippen LogP) is 8.25. The second-order valence-corrected chi connectivity index (χ2v) is 12.1. The van der Waals surface area contributed by atoms with E-state index in [0.29, 0.717) is 25.1 Å². The minimum Gasteiger partial charge on any atom is -0.406 e. The van der Waals surface area contributed by atoms with Gasteiger partial charge in [-0.25, -0.2) is 22.2 Å². The molecule has 0 unspecified atom stereocenters. The van der Waals surface area contributed by atoms with E-state index in [0.717, 1.165) is 23.5 Å². The Kier molecular flexibility index (Phi) is 7.93. The fraction of sp³-hybridized carbons (Fsp3) is 0.250. The number of anilines is 2. The van der Waals surface area contributed by atoms with Gasteiger partial charge in [0.15, 0.2) is 5.13 Å². The number of rotatable bonds is 2. The Balaban J connectivity index is 1.68. The van der Waals surface area contributed by atoms with Crippen molar-refractivity contribution in [3.8, 4) is 27.4 Å². The first-order valence-electron chi connectivity index (χ1n) is 12.6. The van der Waals surface area contributed by atoms with E-state index in [2.05, 4.69) is 19.8 Å². The lowest BCUT2D eigenvalue weighted by atomic mass is 9.94. The zero-order valence-corrected chi connectivity index (χ0v) is 23.0. The standard InChI is InChI=1S/C28H24F5N3O3S2/c29-27(30)14-4-1-5-15-34-19-9-7-11-21(17-19)41(37,38)36-26-35-24(22-12-2-3-13-23(22)27)25(40-26)18-8-6-10-20(16-18)39-28(31,32)33/h2-3,6-13,16-17,34H,1,4-5,14-15H2,(H,35,36). The number of fused-ring (bicyclic) bond motifs is 6. The topological polar surface area (TPSA) is 80.3 Å². The van der Waals surface area contributed by atoms with E-state index in [1.807, 2.05) is 0 Å². The molecule has 6 nitrogen and oxygen atoms in total. The van der Waals surface area contributed by atoms with Gasteiger partial charge in [-0.05, 0) is 48.7 Å². The zero-order valence-electron chi connectivity index (χ0n) is 21.3. The van der Waals surface area contributed by atoms with Crippen LogP contribution in [-0.2, 0) is 15.9 Å². The number of benzene rings is 3. The molecule has 0 fully saturated rings. The quantitative estimate of drug-likeness (QED) is 0.224. The summed E-state index contributed by atoms with van der Waals surface area (Å²) in [6.07, 6.45) is -4.01. The van der Waals surface area contributed by atoms with E-state index < -0.39 is 34.5 Å². The summed E-state index contributed by atoms with van der Waals surface area (Å²) in [5, 5.41) is 2.98. The van der Waals surface area contributed by atoms with Crippen molar-refractivity contribution in [1.82, 2.24) is 4.98 Å². The first kappa shape index (κ1) is 28.8. The fourth-order valence-electron chi connectivity index (χ4n) is 4.55. The summed E-state index contributed by atoms with van der Waals surface area (Å²) in [6.45, 7) is 0.481. The lowest BCUT2D eigenvalue weighted by Gasteiger charge is -2.20. The number of aromatic nitrogens is 1. The number of sulfonamides is 1. The van der Waals surface area contributed by atoms with Crippen LogP contribution in [0.15, 0.2) is 77.7 Å². The number of ether oxygens (including phenoxy) is 1. The van der Waals surface area contributed by atoms with Gasteiger partial charge in [0.1, 0.15) is 5.75 Å². The van der Waals surface area contributed by atoms with Gasteiger partial charge in [-0.15, -0.1) is 13.2 Å². The van der Waals surface area contributed by atoms with Crippen LogP contribution in [0.3, 0.4) is 0 Å². The zero-order chi connectivity index (χ0) is 29.3. The van der Waals surface area contributed by atoms with Crippen LogP contribution in [0.2, 0.25) is 0 Å². The molecule has 2 heterocycles. The van der Waals surface area contributed by atoms with Crippen molar-refractivity contribution in [3.05, 3.63) is 78.4 Å². The normalized spacial score (nSPS) is 16.9. The smallest absolute Gasteiger partial charge is 0.406 e. The van der Waals surface area contributed by atoms with Crippen molar-refractivity contribution in [3.63, 3.8) is 0 Å². The molecule has 3 aromatic carbocycles. The molecule has 0 atom stereocenters. The van der Waals surface area contributed by atoms with Crippen molar-refractivity contribution >= 4 is 32.2 Å². The Morgan fingerprint density at radius 1 is 0.927 bits per heavy atom. The largest absolute Gasteiger partial charge is 0.573 e. The highest BCUT2D eigenvalue weighted by Gasteiger charge is 2.35. The van der Waals surface area contributed by atoms with Crippen molar-refractivity contribution in [2.45, 2.75) is 42.9 Å². The fourth-order valence-corrected chi connectivity index (χ4v) is 6.80. The van der Waals surface area contributed by atoms with Gasteiger partial charge in [-0.2, -0.15) is 0 Å². The molecule has 5 rings (SSSR count). The molecular weight excluding hydrogens is 585 g/mol. The van der Waals surface area contributed by atoms with E-state index in [1.54, 1.807) is 18.2 Å².